The van der Waals surface area contributed by atoms with Crippen molar-refractivity contribution in [2.75, 3.05) is 80.8 Å². The number of nitrogens with zero attached hydrogens (tertiary/aromatic N) is 2. The van der Waals surface area contributed by atoms with E-state index < -0.39 is 0 Å². The second-order valence-corrected chi connectivity index (χ2v) is 16.6. The maximum atomic E-state index is 12.7. The fourth-order valence-corrected chi connectivity index (χ4v) is 6.16. The molecule has 0 aliphatic carbocycles. The molecular weight excluding hydrogens is 716 g/mol. The first-order valence-electron chi connectivity index (χ1n) is 21.7. The molecule has 0 aromatic rings. The van der Waals surface area contributed by atoms with E-state index in [1.54, 1.807) is 0 Å². The van der Waals surface area contributed by atoms with Crippen molar-refractivity contribution in [2.45, 2.75) is 162 Å². The van der Waals surface area contributed by atoms with Crippen LogP contribution in [0.3, 0.4) is 0 Å². The van der Waals surface area contributed by atoms with E-state index in [9.17, 15) is 24.0 Å². The SMILES string of the molecule is CCCCCC[C@H](C/C=C\CCCCCCCC(=O)OCCCCCCCCCCOC(=O)C[N+](C)(C)CCOC(C)=O)OC(=O)C[N+](C)(C)CCOC(C)=O. The summed E-state index contributed by atoms with van der Waals surface area (Å²) in [6, 6.07) is 0. The summed E-state index contributed by atoms with van der Waals surface area (Å²) in [4.78, 5) is 58.9. The first kappa shape index (κ1) is 53.0. The van der Waals surface area contributed by atoms with E-state index in [-0.39, 0.29) is 55.6 Å². The molecule has 0 spiro atoms. The van der Waals surface area contributed by atoms with Gasteiger partial charge in [-0.1, -0.05) is 96.1 Å². The number of ether oxygens (including phenoxy) is 5. The average Bonchev–Trinajstić information content (AvgIpc) is 3.10. The highest BCUT2D eigenvalue weighted by atomic mass is 16.6. The zero-order valence-corrected chi connectivity index (χ0v) is 36.7. The quantitative estimate of drug-likeness (QED) is 0.0200. The molecule has 0 unspecified atom stereocenters. The highest BCUT2D eigenvalue weighted by molar-refractivity contribution is 5.71. The zero-order valence-electron chi connectivity index (χ0n) is 36.7. The van der Waals surface area contributed by atoms with Crippen LogP contribution in [0.15, 0.2) is 12.2 Å². The molecule has 0 heterocycles. The summed E-state index contributed by atoms with van der Waals surface area (Å²) in [7, 11) is 7.72. The third-order valence-electron chi connectivity index (χ3n) is 9.68. The van der Waals surface area contributed by atoms with Crippen molar-refractivity contribution in [3.05, 3.63) is 12.2 Å². The Labute approximate surface area is 340 Å². The van der Waals surface area contributed by atoms with Crippen molar-refractivity contribution in [1.29, 1.82) is 0 Å². The second-order valence-electron chi connectivity index (χ2n) is 16.6. The Hall–Kier alpha value is -2.99. The van der Waals surface area contributed by atoms with Gasteiger partial charge in [0.05, 0.1) is 41.4 Å². The molecule has 0 radical (unpaired) electrons. The van der Waals surface area contributed by atoms with Crippen LogP contribution in [0.2, 0.25) is 0 Å². The van der Waals surface area contributed by atoms with Crippen LogP contribution in [-0.2, 0) is 47.7 Å². The van der Waals surface area contributed by atoms with E-state index in [1.165, 1.54) is 26.7 Å². The Kier molecular flexibility index (Phi) is 32.3. The standard InChI is InChI=1S/C44H82N2O10/c1-8-9-10-23-28-41(56-44(51)38-46(6,7)32-36-53-40(3)48)29-24-19-15-11-12-16-20-25-30-42(49)54-33-26-21-17-13-14-18-22-27-34-55-43(50)37-45(4,5)31-35-52-39(2)47/h19,24,41H,8-18,20-23,25-38H2,1-7H3/q+2/b24-19-/t41-/m1/s1. The van der Waals surface area contributed by atoms with Gasteiger partial charge in [-0.25, -0.2) is 9.59 Å². The number of carbonyl (C=O) groups excluding carboxylic acids is 5. The summed E-state index contributed by atoms with van der Waals surface area (Å²) in [6.07, 6.45) is 25.5. The van der Waals surface area contributed by atoms with E-state index in [1.807, 2.05) is 28.2 Å². The third kappa shape index (κ3) is 36.6. The van der Waals surface area contributed by atoms with Crippen LogP contribution in [0.5, 0.6) is 0 Å². The summed E-state index contributed by atoms with van der Waals surface area (Å²) in [5, 5.41) is 0. The van der Waals surface area contributed by atoms with Crippen LogP contribution in [0.4, 0.5) is 0 Å². The molecule has 0 aromatic heterocycles. The topological polar surface area (TPSA) is 132 Å². The minimum atomic E-state index is -0.314. The highest BCUT2D eigenvalue weighted by Crippen LogP contribution is 2.15. The number of allylic oxidation sites excluding steroid dienone is 1. The number of carbonyl (C=O) groups is 5. The van der Waals surface area contributed by atoms with Crippen LogP contribution in [0, 0.1) is 0 Å². The molecule has 0 aliphatic rings. The summed E-state index contributed by atoms with van der Waals surface area (Å²) in [5.74, 6) is -1.15. The maximum Gasteiger partial charge on any atom is 0.362 e. The molecule has 0 rings (SSSR count). The number of quaternary nitrogens is 2. The van der Waals surface area contributed by atoms with Crippen LogP contribution >= 0.6 is 0 Å². The van der Waals surface area contributed by atoms with Gasteiger partial charge < -0.3 is 32.7 Å². The Morgan fingerprint density at radius 3 is 1.50 bits per heavy atom. The molecule has 0 bridgehead atoms. The van der Waals surface area contributed by atoms with E-state index in [4.69, 9.17) is 23.7 Å². The Morgan fingerprint density at radius 1 is 0.500 bits per heavy atom. The van der Waals surface area contributed by atoms with Gasteiger partial charge in [0.25, 0.3) is 0 Å². The van der Waals surface area contributed by atoms with Gasteiger partial charge in [-0.05, 0) is 44.9 Å². The lowest BCUT2D eigenvalue weighted by Gasteiger charge is -2.29. The van der Waals surface area contributed by atoms with Gasteiger partial charge in [-0.3, -0.25) is 14.4 Å². The minimum absolute atomic E-state index is 0.0902. The summed E-state index contributed by atoms with van der Waals surface area (Å²) < 4.78 is 27.5. The summed E-state index contributed by atoms with van der Waals surface area (Å²) >= 11 is 0. The Morgan fingerprint density at radius 2 is 0.964 bits per heavy atom. The molecular formula is C44H82N2O10+2. The predicted octanol–water partition coefficient (Wildman–Crippen LogP) is 8.03. The molecule has 0 saturated heterocycles. The first-order chi connectivity index (χ1) is 26.7. The van der Waals surface area contributed by atoms with Crippen molar-refractivity contribution in [3.8, 4) is 0 Å². The number of likely N-dealkylation sites (N-methyl/N-ethyl adjacent to an activating group) is 2. The summed E-state index contributed by atoms with van der Waals surface area (Å²) in [6.45, 7) is 8.08. The van der Waals surface area contributed by atoms with E-state index in [2.05, 4.69) is 19.1 Å². The smallest absolute Gasteiger partial charge is 0.362 e. The lowest BCUT2D eigenvalue weighted by atomic mass is 10.1. The van der Waals surface area contributed by atoms with Gasteiger partial charge in [-0.2, -0.15) is 0 Å². The first-order valence-corrected chi connectivity index (χ1v) is 21.7. The van der Waals surface area contributed by atoms with Crippen molar-refractivity contribution in [3.63, 3.8) is 0 Å². The molecule has 0 saturated carbocycles. The van der Waals surface area contributed by atoms with Crippen LogP contribution in [0.1, 0.15) is 156 Å². The van der Waals surface area contributed by atoms with Crippen molar-refractivity contribution in [1.82, 2.24) is 0 Å². The largest absolute Gasteiger partial charge is 0.466 e. The number of unbranched alkanes of at least 4 members (excludes halogenated alkanes) is 15. The average molecular weight is 799 g/mol. The van der Waals surface area contributed by atoms with Crippen LogP contribution in [0.25, 0.3) is 0 Å². The fraction of sp³-hybridized carbons (Fsp3) is 0.841. The van der Waals surface area contributed by atoms with Gasteiger partial charge >= 0.3 is 29.8 Å². The van der Waals surface area contributed by atoms with Gasteiger partial charge in [0, 0.05) is 26.7 Å². The van der Waals surface area contributed by atoms with Crippen molar-refractivity contribution < 1.29 is 56.6 Å². The lowest BCUT2D eigenvalue weighted by Crippen LogP contribution is -2.47. The van der Waals surface area contributed by atoms with Gasteiger partial charge in [-0.15, -0.1) is 0 Å². The molecule has 0 amide bonds. The van der Waals surface area contributed by atoms with Crippen molar-refractivity contribution in [2.24, 2.45) is 0 Å². The van der Waals surface area contributed by atoms with Crippen LogP contribution < -0.4 is 0 Å². The van der Waals surface area contributed by atoms with Gasteiger partial charge in [0.1, 0.15) is 32.4 Å². The third-order valence-corrected chi connectivity index (χ3v) is 9.68. The molecule has 0 aliphatic heterocycles. The molecule has 56 heavy (non-hydrogen) atoms. The van der Waals surface area contributed by atoms with Crippen molar-refractivity contribution >= 4 is 29.8 Å². The highest BCUT2D eigenvalue weighted by Gasteiger charge is 2.24. The normalized spacial score (nSPS) is 12.3. The molecule has 0 fully saturated rings. The lowest BCUT2D eigenvalue weighted by molar-refractivity contribution is -0.883. The molecule has 1 atom stereocenters. The number of hydrogen-bond acceptors (Lipinski definition) is 10. The van der Waals surface area contributed by atoms with Gasteiger partial charge in [0.15, 0.2) is 13.1 Å². The number of hydrogen-bond donors (Lipinski definition) is 0. The van der Waals surface area contributed by atoms with E-state index in [0.717, 1.165) is 116 Å². The number of rotatable bonds is 37. The molecule has 0 N–H and O–H groups in total. The molecule has 12 heteroatoms. The Balaban J connectivity index is 3.87. The van der Waals surface area contributed by atoms with E-state index >= 15 is 0 Å². The molecule has 12 nitrogen and oxygen atoms in total. The Bertz CT molecular complexity index is 1090. The van der Waals surface area contributed by atoms with Gasteiger partial charge in [0.2, 0.25) is 0 Å². The van der Waals surface area contributed by atoms with Crippen LogP contribution in [-0.4, -0.2) is 126 Å². The minimum Gasteiger partial charge on any atom is -0.466 e. The number of esters is 5. The predicted molar refractivity (Wildman–Crippen MR) is 221 cm³/mol. The second kappa shape index (κ2) is 34.1. The molecule has 0 aromatic carbocycles. The zero-order chi connectivity index (χ0) is 41.9. The monoisotopic (exact) mass is 799 g/mol. The van der Waals surface area contributed by atoms with E-state index in [0.29, 0.717) is 48.3 Å². The fourth-order valence-electron chi connectivity index (χ4n) is 6.16. The summed E-state index contributed by atoms with van der Waals surface area (Å²) in [5.41, 5.74) is 0. The molecule has 326 valence electrons. The maximum absolute atomic E-state index is 12.7.